The van der Waals surface area contributed by atoms with Crippen molar-refractivity contribution in [2.24, 2.45) is 35.5 Å². The Labute approximate surface area is 246 Å². The third-order valence-electron chi connectivity index (χ3n) is 9.64. The molecule has 6 rings (SSSR count). The molecule has 1 saturated carbocycles. The molecule has 11 heteroatoms. The first kappa shape index (κ1) is 30.9. The van der Waals surface area contributed by atoms with Crippen molar-refractivity contribution >= 4 is 11.9 Å². The molecule has 0 aromatic carbocycles. The van der Waals surface area contributed by atoms with E-state index >= 15 is 0 Å². The summed E-state index contributed by atoms with van der Waals surface area (Å²) in [5.74, 6) is -6.08. The Morgan fingerprint density at radius 2 is 1.93 bits per heavy atom. The molecule has 1 spiro atoms. The Morgan fingerprint density at radius 3 is 2.57 bits per heavy atom. The second-order valence-electron chi connectivity index (χ2n) is 12.5. The summed E-state index contributed by atoms with van der Waals surface area (Å²) < 4.78 is 35.7. The Bertz CT molecular complexity index is 1210. The zero-order valence-electron chi connectivity index (χ0n) is 25.1. The Balaban J connectivity index is 1.69. The van der Waals surface area contributed by atoms with E-state index in [1.165, 1.54) is 21.3 Å². The van der Waals surface area contributed by atoms with E-state index in [9.17, 15) is 19.8 Å². The van der Waals surface area contributed by atoms with E-state index < -0.39 is 70.7 Å². The Morgan fingerprint density at radius 1 is 1.19 bits per heavy atom. The maximum absolute atomic E-state index is 14.0. The fraction of sp³-hybridized carbons (Fsp3) is 0.677. The predicted octanol–water partition coefficient (Wildman–Crippen LogP) is 2.25. The summed E-state index contributed by atoms with van der Waals surface area (Å²) in [5, 5.41) is 23.4. The fourth-order valence-electron chi connectivity index (χ4n) is 8.05. The van der Waals surface area contributed by atoms with Gasteiger partial charge >= 0.3 is 11.9 Å². The zero-order valence-corrected chi connectivity index (χ0v) is 25.1. The normalized spacial score (nSPS) is 40.6. The quantitative estimate of drug-likeness (QED) is 0.290. The highest BCUT2D eigenvalue weighted by molar-refractivity contribution is 5.87. The number of fused-ring (bicyclic) bond motifs is 1. The molecular weight excluding hydrogens is 546 g/mol. The molecule has 2 aliphatic carbocycles. The van der Waals surface area contributed by atoms with Gasteiger partial charge in [-0.3, -0.25) is 4.79 Å². The van der Waals surface area contributed by atoms with Crippen LogP contribution in [0.3, 0.4) is 0 Å². The molecule has 3 fully saturated rings. The number of ether oxygens (including phenoxy) is 6. The minimum atomic E-state index is -1.56. The van der Waals surface area contributed by atoms with Gasteiger partial charge in [-0.25, -0.2) is 4.79 Å². The van der Waals surface area contributed by atoms with Gasteiger partial charge in [0.05, 0.1) is 37.8 Å². The number of cyclic esters (lactones) is 1. The minimum Gasteiger partial charge on any atom is -0.458 e. The lowest BCUT2D eigenvalue weighted by Crippen LogP contribution is -2.76. The molecule has 11 unspecified atom stereocenters. The van der Waals surface area contributed by atoms with Crippen molar-refractivity contribution in [3.8, 4) is 0 Å². The van der Waals surface area contributed by atoms with Crippen LogP contribution in [0.25, 0.3) is 0 Å². The summed E-state index contributed by atoms with van der Waals surface area (Å²) in [6.07, 6.45) is 5.87. The first-order valence-electron chi connectivity index (χ1n) is 14.5. The van der Waals surface area contributed by atoms with Crippen molar-refractivity contribution in [3.05, 3.63) is 47.8 Å². The first-order valence-corrected chi connectivity index (χ1v) is 14.5. The molecule has 11 atom stereocenters. The number of allylic oxidation sites excluding steroid dienone is 1. The number of aromatic amines is 1. The molecule has 3 aliphatic heterocycles. The number of carbonyl (C=O) groups is 2. The van der Waals surface area contributed by atoms with Crippen molar-refractivity contribution < 1.29 is 48.2 Å². The lowest BCUT2D eigenvalue weighted by Gasteiger charge is -2.67. The lowest BCUT2D eigenvalue weighted by atomic mass is 9.50. The van der Waals surface area contributed by atoms with Crippen LogP contribution in [-0.4, -0.2) is 97.5 Å². The van der Waals surface area contributed by atoms with Crippen LogP contribution in [0, 0.1) is 35.5 Å². The number of aromatic nitrogens is 1. The van der Waals surface area contributed by atoms with E-state index in [2.05, 4.69) is 4.98 Å². The van der Waals surface area contributed by atoms with Gasteiger partial charge in [0, 0.05) is 51.7 Å². The van der Waals surface area contributed by atoms with E-state index in [4.69, 9.17) is 28.4 Å². The van der Waals surface area contributed by atoms with Crippen LogP contribution in [-0.2, 0) is 33.2 Å². The molecule has 0 amide bonds. The topological polar surface area (TPSA) is 146 Å². The van der Waals surface area contributed by atoms with Crippen molar-refractivity contribution in [1.29, 1.82) is 0 Å². The molecule has 232 valence electrons. The lowest BCUT2D eigenvalue weighted by molar-refractivity contribution is -0.399. The van der Waals surface area contributed by atoms with Gasteiger partial charge in [0.1, 0.15) is 23.0 Å². The first-order chi connectivity index (χ1) is 20.0. The molecule has 2 saturated heterocycles. The van der Waals surface area contributed by atoms with E-state index in [0.717, 1.165) is 5.57 Å². The van der Waals surface area contributed by atoms with Crippen molar-refractivity contribution in [3.63, 3.8) is 0 Å². The highest BCUT2D eigenvalue weighted by Crippen LogP contribution is 2.64. The molecule has 11 nitrogen and oxygen atoms in total. The van der Waals surface area contributed by atoms with Crippen LogP contribution < -0.4 is 0 Å². The predicted molar refractivity (Wildman–Crippen MR) is 149 cm³/mol. The summed E-state index contributed by atoms with van der Waals surface area (Å²) >= 11 is 0. The number of H-pyrrole nitrogens is 1. The van der Waals surface area contributed by atoms with Crippen LogP contribution in [0.5, 0.6) is 0 Å². The molecule has 1 aromatic rings. The van der Waals surface area contributed by atoms with Crippen molar-refractivity contribution in [2.45, 2.75) is 56.4 Å². The molecule has 0 radical (unpaired) electrons. The zero-order chi connectivity index (χ0) is 30.4. The second-order valence-corrected chi connectivity index (χ2v) is 12.5. The number of hydrogen-bond acceptors (Lipinski definition) is 10. The molecular formula is C31H43NO10. The van der Waals surface area contributed by atoms with E-state index in [-0.39, 0.29) is 31.4 Å². The van der Waals surface area contributed by atoms with Gasteiger partial charge in [-0.2, -0.15) is 0 Å². The summed E-state index contributed by atoms with van der Waals surface area (Å²) in [6.45, 7) is 5.38. The molecule has 3 N–H and O–H groups in total. The average molecular weight is 590 g/mol. The largest absolute Gasteiger partial charge is 0.458 e. The third kappa shape index (κ3) is 4.84. The number of rotatable bonds is 9. The standard InChI is InChI=1S/C31H43NO10/c1-17-12-18(2)31-21(20(14-37-4)27(34)40-26(17)29(3,36)16-39-6)10-9-19-13-30(42-31,22(15-38-5)25(33)24(19)31)41-28(35)23-8-7-11-32-23/h7-12,17,19-22,24-26,32-33,36H,13-16H2,1-6H3. The SMILES string of the molecule is COCC1C(=O)OC(C(C)(O)COC)C(C)C=C(C)C23OC4(OC(=O)c5ccc[nH]5)CC(C=CC12)C3C(O)C4COC. The Kier molecular flexibility index (Phi) is 8.47. The maximum atomic E-state index is 14.0. The van der Waals surface area contributed by atoms with Gasteiger partial charge < -0.3 is 43.6 Å². The van der Waals surface area contributed by atoms with Gasteiger partial charge in [0.15, 0.2) is 0 Å². The monoisotopic (exact) mass is 589 g/mol. The number of aliphatic hydroxyl groups excluding tert-OH is 1. The summed E-state index contributed by atoms with van der Waals surface area (Å²) in [6, 6.07) is 3.31. The van der Waals surface area contributed by atoms with Crippen molar-refractivity contribution in [1.82, 2.24) is 4.98 Å². The van der Waals surface area contributed by atoms with Gasteiger partial charge in [0.2, 0.25) is 5.79 Å². The molecule has 4 bridgehead atoms. The fourth-order valence-corrected chi connectivity index (χ4v) is 8.05. The van der Waals surface area contributed by atoms with Gasteiger partial charge in [-0.1, -0.05) is 25.2 Å². The van der Waals surface area contributed by atoms with E-state index in [1.54, 1.807) is 25.3 Å². The van der Waals surface area contributed by atoms with Crippen LogP contribution >= 0.6 is 0 Å². The van der Waals surface area contributed by atoms with E-state index in [0.29, 0.717) is 6.42 Å². The second kappa shape index (κ2) is 11.5. The van der Waals surface area contributed by atoms with Gasteiger partial charge in [-0.05, 0) is 37.5 Å². The van der Waals surface area contributed by atoms with Gasteiger partial charge in [-0.15, -0.1) is 0 Å². The maximum Gasteiger partial charge on any atom is 0.357 e. The highest BCUT2D eigenvalue weighted by atomic mass is 16.7. The highest BCUT2D eigenvalue weighted by Gasteiger charge is 2.73. The van der Waals surface area contributed by atoms with Crippen LogP contribution in [0.2, 0.25) is 0 Å². The number of nitrogens with one attached hydrogen (secondary N) is 1. The number of esters is 2. The molecule has 42 heavy (non-hydrogen) atoms. The van der Waals surface area contributed by atoms with Crippen LogP contribution in [0.4, 0.5) is 0 Å². The Hall–Kier alpha value is -2.54. The summed E-state index contributed by atoms with van der Waals surface area (Å²) in [5.41, 5.74) is -1.76. The minimum absolute atomic E-state index is 0.00396. The van der Waals surface area contributed by atoms with Crippen LogP contribution in [0.15, 0.2) is 42.1 Å². The number of hydrogen-bond donors (Lipinski definition) is 3. The summed E-state index contributed by atoms with van der Waals surface area (Å²) in [7, 11) is 4.51. The average Bonchev–Trinajstić information content (AvgIpc) is 3.47. The number of aliphatic hydroxyl groups is 2. The smallest absolute Gasteiger partial charge is 0.357 e. The molecule has 5 aliphatic rings. The van der Waals surface area contributed by atoms with Crippen molar-refractivity contribution in [2.75, 3.05) is 41.2 Å². The molecule has 4 heterocycles. The molecule has 1 aromatic heterocycles. The third-order valence-corrected chi connectivity index (χ3v) is 9.64. The number of carbonyl (C=O) groups excluding carboxylic acids is 2. The van der Waals surface area contributed by atoms with Crippen LogP contribution in [0.1, 0.15) is 37.7 Å². The number of methoxy groups -OCH3 is 3. The van der Waals surface area contributed by atoms with E-state index in [1.807, 2.05) is 32.1 Å². The van der Waals surface area contributed by atoms with Gasteiger partial charge in [0.25, 0.3) is 0 Å². The summed E-state index contributed by atoms with van der Waals surface area (Å²) in [4.78, 5) is 30.3.